The van der Waals surface area contributed by atoms with Gasteiger partial charge in [0, 0.05) is 29.3 Å². The maximum atomic E-state index is 10.7. The SMILES string of the molecule is CCC([N+](=O)[O-])C(N)(O)c1cccnc1. The molecular formula is C9H13N3O3. The van der Waals surface area contributed by atoms with Gasteiger partial charge in [0.05, 0.1) is 0 Å². The summed E-state index contributed by atoms with van der Waals surface area (Å²) in [6, 6.07) is 1.85. The highest BCUT2D eigenvalue weighted by Crippen LogP contribution is 2.22. The van der Waals surface area contributed by atoms with Crippen molar-refractivity contribution in [3.05, 3.63) is 40.2 Å². The highest BCUT2D eigenvalue weighted by molar-refractivity contribution is 5.18. The fourth-order valence-electron chi connectivity index (χ4n) is 1.41. The minimum absolute atomic E-state index is 0.148. The number of nitrogens with two attached hydrogens (primary N) is 1. The van der Waals surface area contributed by atoms with Crippen LogP contribution in [0.15, 0.2) is 24.5 Å². The zero-order valence-electron chi connectivity index (χ0n) is 8.33. The first-order chi connectivity index (χ1) is 7.00. The van der Waals surface area contributed by atoms with Gasteiger partial charge in [-0.2, -0.15) is 0 Å². The molecule has 1 rings (SSSR count). The first kappa shape index (κ1) is 11.5. The summed E-state index contributed by atoms with van der Waals surface area (Å²) in [5.74, 6) is 0. The quantitative estimate of drug-likeness (QED) is 0.422. The van der Waals surface area contributed by atoms with E-state index < -0.39 is 16.7 Å². The highest BCUT2D eigenvalue weighted by atomic mass is 16.6. The van der Waals surface area contributed by atoms with Gasteiger partial charge in [-0.15, -0.1) is 0 Å². The zero-order valence-corrected chi connectivity index (χ0v) is 8.33. The third-order valence-corrected chi connectivity index (χ3v) is 2.27. The molecule has 6 heteroatoms. The molecule has 1 heterocycles. The summed E-state index contributed by atoms with van der Waals surface area (Å²) < 4.78 is 0. The molecule has 15 heavy (non-hydrogen) atoms. The Labute approximate surface area is 86.9 Å². The smallest absolute Gasteiger partial charge is 0.258 e. The number of hydrogen-bond acceptors (Lipinski definition) is 5. The molecule has 0 amide bonds. The Morgan fingerprint density at radius 3 is 2.87 bits per heavy atom. The predicted molar refractivity (Wildman–Crippen MR) is 53.4 cm³/mol. The predicted octanol–water partition coefficient (Wildman–Crippen LogP) is 0.241. The third kappa shape index (κ3) is 2.28. The van der Waals surface area contributed by atoms with Crippen LogP contribution in [-0.4, -0.2) is 21.1 Å². The number of pyridine rings is 1. The van der Waals surface area contributed by atoms with Crippen LogP contribution in [-0.2, 0) is 5.72 Å². The molecule has 0 aliphatic heterocycles. The van der Waals surface area contributed by atoms with Gasteiger partial charge in [-0.05, 0) is 6.07 Å². The molecule has 2 atom stereocenters. The summed E-state index contributed by atoms with van der Waals surface area (Å²) in [5.41, 5.74) is 3.83. The minimum atomic E-state index is -1.98. The van der Waals surface area contributed by atoms with Crippen LogP contribution in [0.5, 0.6) is 0 Å². The second-order valence-corrected chi connectivity index (χ2v) is 3.28. The van der Waals surface area contributed by atoms with E-state index in [1.807, 2.05) is 0 Å². The summed E-state index contributed by atoms with van der Waals surface area (Å²) in [7, 11) is 0. The first-order valence-corrected chi connectivity index (χ1v) is 4.55. The molecule has 0 saturated carbocycles. The number of hydrogen-bond donors (Lipinski definition) is 2. The van der Waals surface area contributed by atoms with Gasteiger partial charge in [-0.1, -0.05) is 13.0 Å². The van der Waals surface area contributed by atoms with E-state index in [1.165, 1.54) is 18.5 Å². The Morgan fingerprint density at radius 2 is 2.47 bits per heavy atom. The number of nitro groups is 1. The highest BCUT2D eigenvalue weighted by Gasteiger charge is 2.42. The van der Waals surface area contributed by atoms with Crippen LogP contribution in [0.1, 0.15) is 18.9 Å². The summed E-state index contributed by atoms with van der Waals surface area (Å²) >= 11 is 0. The van der Waals surface area contributed by atoms with Crippen molar-refractivity contribution in [1.29, 1.82) is 0 Å². The second-order valence-electron chi connectivity index (χ2n) is 3.28. The van der Waals surface area contributed by atoms with E-state index in [-0.39, 0.29) is 12.0 Å². The summed E-state index contributed by atoms with van der Waals surface area (Å²) in [4.78, 5) is 13.9. The lowest BCUT2D eigenvalue weighted by molar-refractivity contribution is -0.548. The van der Waals surface area contributed by atoms with Crippen molar-refractivity contribution in [1.82, 2.24) is 4.98 Å². The maximum absolute atomic E-state index is 10.7. The van der Waals surface area contributed by atoms with Gasteiger partial charge in [-0.3, -0.25) is 20.8 Å². The monoisotopic (exact) mass is 211 g/mol. The fourth-order valence-corrected chi connectivity index (χ4v) is 1.41. The largest absolute Gasteiger partial charge is 0.366 e. The van der Waals surface area contributed by atoms with Gasteiger partial charge in [0.1, 0.15) is 0 Å². The van der Waals surface area contributed by atoms with Gasteiger partial charge in [0.15, 0.2) is 0 Å². The number of aliphatic hydroxyl groups is 1. The van der Waals surface area contributed by atoms with Crippen molar-refractivity contribution in [2.45, 2.75) is 25.1 Å². The molecule has 82 valence electrons. The fraction of sp³-hybridized carbons (Fsp3) is 0.444. The zero-order chi connectivity index (χ0) is 11.5. The molecule has 0 bridgehead atoms. The van der Waals surface area contributed by atoms with Gasteiger partial charge in [0.2, 0.25) is 5.72 Å². The van der Waals surface area contributed by atoms with Crippen molar-refractivity contribution < 1.29 is 10.0 Å². The topological polar surface area (TPSA) is 102 Å². The lowest BCUT2D eigenvalue weighted by atomic mass is 9.96. The molecule has 2 unspecified atom stereocenters. The number of nitrogens with zero attached hydrogens (tertiary/aromatic N) is 2. The van der Waals surface area contributed by atoms with Crippen molar-refractivity contribution in [2.75, 3.05) is 0 Å². The normalized spacial score (nSPS) is 16.7. The lowest BCUT2D eigenvalue weighted by Gasteiger charge is -2.25. The summed E-state index contributed by atoms with van der Waals surface area (Å²) in [6.45, 7) is 1.60. The van der Waals surface area contributed by atoms with E-state index in [0.717, 1.165) is 0 Å². The van der Waals surface area contributed by atoms with Crippen LogP contribution in [0.4, 0.5) is 0 Å². The molecule has 0 saturated heterocycles. The molecule has 6 nitrogen and oxygen atoms in total. The third-order valence-electron chi connectivity index (χ3n) is 2.27. The first-order valence-electron chi connectivity index (χ1n) is 4.55. The van der Waals surface area contributed by atoms with Gasteiger partial charge in [0.25, 0.3) is 6.04 Å². The Morgan fingerprint density at radius 1 is 1.80 bits per heavy atom. The van der Waals surface area contributed by atoms with Crippen LogP contribution in [0.3, 0.4) is 0 Å². The average molecular weight is 211 g/mol. The van der Waals surface area contributed by atoms with E-state index >= 15 is 0 Å². The van der Waals surface area contributed by atoms with E-state index in [1.54, 1.807) is 13.0 Å². The Balaban J connectivity index is 3.05. The number of rotatable bonds is 4. The van der Waals surface area contributed by atoms with Gasteiger partial charge < -0.3 is 5.11 Å². The summed E-state index contributed by atoms with van der Waals surface area (Å²) in [5, 5.41) is 20.6. The summed E-state index contributed by atoms with van der Waals surface area (Å²) in [6.07, 6.45) is 2.98. The van der Waals surface area contributed by atoms with E-state index in [4.69, 9.17) is 5.73 Å². The van der Waals surface area contributed by atoms with Crippen molar-refractivity contribution in [3.8, 4) is 0 Å². The molecule has 1 aromatic heterocycles. The van der Waals surface area contributed by atoms with Crippen LogP contribution < -0.4 is 5.73 Å². The second kappa shape index (κ2) is 4.33. The molecule has 0 aliphatic rings. The van der Waals surface area contributed by atoms with Crippen LogP contribution >= 0.6 is 0 Å². The van der Waals surface area contributed by atoms with E-state index in [9.17, 15) is 15.2 Å². The van der Waals surface area contributed by atoms with E-state index in [0.29, 0.717) is 0 Å². The molecule has 0 aliphatic carbocycles. The van der Waals surface area contributed by atoms with Gasteiger partial charge >= 0.3 is 0 Å². The lowest BCUT2D eigenvalue weighted by Crippen LogP contribution is -2.51. The molecule has 0 radical (unpaired) electrons. The van der Waals surface area contributed by atoms with Crippen molar-refractivity contribution in [2.24, 2.45) is 5.73 Å². The Bertz CT molecular complexity index is 340. The molecule has 0 fully saturated rings. The standard InChI is InChI=1S/C9H13N3O3/c1-2-8(12(14)15)9(10,13)7-4-3-5-11-6-7/h3-6,8,13H,2,10H2,1H3. The van der Waals surface area contributed by atoms with Crippen molar-refractivity contribution >= 4 is 0 Å². The number of aromatic nitrogens is 1. The average Bonchev–Trinajstić information content (AvgIpc) is 2.19. The molecule has 0 aromatic carbocycles. The van der Waals surface area contributed by atoms with Crippen LogP contribution in [0.2, 0.25) is 0 Å². The van der Waals surface area contributed by atoms with Gasteiger partial charge in [-0.25, -0.2) is 0 Å². The molecular weight excluding hydrogens is 198 g/mol. The van der Waals surface area contributed by atoms with Crippen LogP contribution in [0.25, 0.3) is 0 Å². The molecule has 1 aromatic rings. The van der Waals surface area contributed by atoms with Crippen LogP contribution in [0, 0.1) is 10.1 Å². The Hall–Kier alpha value is -1.53. The minimum Gasteiger partial charge on any atom is -0.366 e. The van der Waals surface area contributed by atoms with E-state index in [2.05, 4.69) is 4.98 Å². The molecule has 3 N–H and O–H groups in total. The van der Waals surface area contributed by atoms with Crippen molar-refractivity contribution in [3.63, 3.8) is 0 Å². The molecule has 0 spiro atoms. The Kier molecular flexibility index (Phi) is 3.33. The maximum Gasteiger partial charge on any atom is 0.258 e.